The highest BCUT2D eigenvalue weighted by atomic mass is 19.4. The minimum absolute atomic E-state index is 0.0613. The number of likely N-dealkylation sites (N-methyl/N-ethyl adjacent to an activating group) is 1. The molecule has 0 fully saturated rings. The number of rotatable bonds is 5. The average molecular weight is 353 g/mol. The van der Waals surface area contributed by atoms with Crippen LogP contribution in [0.15, 0.2) is 54.6 Å². The zero-order chi connectivity index (χ0) is 18.7. The lowest BCUT2D eigenvalue weighted by Crippen LogP contribution is -2.54. The van der Waals surface area contributed by atoms with Gasteiger partial charge in [0.15, 0.2) is 0 Å². The van der Waals surface area contributed by atoms with E-state index in [9.17, 15) is 23.1 Å². The summed E-state index contributed by atoms with van der Waals surface area (Å²) in [4.78, 5) is 13.3. The van der Waals surface area contributed by atoms with E-state index < -0.39 is 23.2 Å². The minimum atomic E-state index is -5.18. The molecule has 0 aromatic heterocycles. The van der Waals surface area contributed by atoms with Crippen LogP contribution in [0.4, 0.5) is 13.2 Å². The number of methoxy groups -OCH3 is 1. The molecular weight excluding hydrogens is 335 g/mol. The van der Waals surface area contributed by atoms with Crippen LogP contribution < -0.4 is 4.74 Å². The Morgan fingerprint density at radius 2 is 1.64 bits per heavy atom. The Labute approximate surface area is 143 Å². The van der Waals surface area contributed by atoms with Crippen LogP contribution in [0.5, 0.6) is 5.75 Å². The highest BCUT2D eigenvalue weighted by Gasteiger charge is 2.61. The lowest BCUT2D eigenvalue weighted by atomic mass is 9.91. The number of nitrogens with zero attached hydrogens (tertiary/aromatic N) is 1. The summed E-state index contributed by atoms with van der Waals surface area (Å²) in [5.74, 6) is -1.13. The van der Waals surface area contributed by atoms with Crippen molar-refractivity contribution in [2.75, 3.05) is 14.2 Å². The third-order valence-electron chi connectivity index (χ3n) is 3.84. The Hall–Kier alpha value is -2.54. The summed E-state index contributed by atoms with van der Waals surface area (Å²) in [6.45, 7) is -0.0613. The SMILES string of the molecule is COc1ccc(C(O)(C(=O)N(C)Cc2ccccc2)C(F)(F)F)cc1. The predicted octanol–water partition coefficient (Wildman–Crippen LogP) is 3.10. The second-order valence-corrected chi connectivity index (χ2v) is 5.58. The lowest BCUT2D eigenvalue weighted by molar-refractivity contribution is -0.261. The second-order valence-electron chi connectivity index (χ2n) is 5.58. The lowest BCUT2D eigenvalue weighted by Gasteiger charge is -2.33. The highest BCUT2D eigenvalue weighted by Crippen LogP contribution is 2.41. The van der Waals surface area contributed by atoms with E-state index >= 15 is 0 Å². The van der Waals surface area contributed by atoms with Gasteiger partial charge in [0.05, 0.1) is 7.11 Å². The van der Waals surface area contributed by atoms with Gasteiger partial charge in [0, 0.05) is 19.2 Å². The van der Waals surface area contributed by atoms with Gasteiger partial charge in [-0.25, -0.2) is 0 Å². The molecule has 0 aliphatic heterocycles. The van der Waals surface area contributed by atoms with Gasteiger partial charge in [-0.1, -0.05) is 42.5 Å². The summed E-state index contributed by atoms with van der Waals surface area (Å²) in [7, 11) is 2.58. The largest absolute Gasteiger partial charge is 0.497 e. The van der Waals surface area contributed by atoms with Gasteiger partial charge in [0.25, 0.3) is 11.5 Å². The van der Waals surface area contributed by atoms with E-state index in [1.807, 2.05) is 0 Å². The van der Waals surface area contributed by atoms with Crippen LogP contribution in [0.3, 0.4) is 0 Å². The standard InChI is InChI=1S/C18H18F3NO3/c1-22(12-13-6-4-3-5-7-13)16(23)17(24,18(19,20)21)14-8-10-15(25-2)11-9-14/h3-11,24H,12H2,1-2H3. The summed E-state index contributed by atoms with van der Waals surface area (Å²) in [6, 6.07) is 13.1. The summed E-state index contributed by atoms with van der Waals surface area (Å²) in [5, 5.41) is 10.3. The van der Waals surface area contributed by atoms with Gasteiger partial charge in [-0.05, 0) is 17.7 Å². The molecule has 1 unspecified atom stereocenters. The molecule has 2 rings (SSSR count). The number of carbonyl (C=O) groups is 1. The summed E-state index contributed by atoms with van der Waals surface area (Å²) < 4.78 is 45.7. The molecule has 0 spiro atoms. The van der Waals surface area contributed by atoms with Crippen LogP contribution in [0.25, 0.3) is 0 Å². The molecular formula is C18H18F3NO3. The van der Waals surface area contributed by atoms with Gasteiger partial charge in [-0.2, -0.15) is 13.2 Å². The maximum absolute atomic E-state index is 13.6. The Bertz CT molecular complexity index is 717. The first kappa shape index (κ1) is 18.8. The van der Waals surface area contributed by atoms with Crippen molar-refractivity contribution in [3.63, 3.8) is 0 Å². The monoisotopic (exact) mass is 353 g/mol. The fourth-order valence-electron chi connectivity index (χ4n) is 2.45. The maximum atomic E-state index is 13.6. The number of amides is 1. The first-order chi connectivity index (χ1) is 11.7. The molecule has 1 amide bonds. The van der Waals surface area contributed by atoms with Crippen LogP contribution in [0.2, 0.25) is 0 Å². The van der Waals surface area contributed by atoms with Crippen LogP contribution in [-0.4, -0.2) is 36.2 Å². The minimum Gasteiger partial charge on any atom is -0.497 e. The number of benzene rings is 2. The Balaban J connectivity index is 2.36. The van der Waals surface area contributed by atoms with Crippen molar-refractivity contribution in [2.45, 2.75) is 18.3 Å². The molecule has 1 atom stereocenters. The summed E-state index contributed by atoms with van der Waals surface area (Å²) in [5.41, 5.74) is -3.55. The van der Waals surface area contributed by atoms with Crippen molar-refractivity contribution in [2.24, 2.45) is 0 Å². The Morgan fingerprint density at radius 3 is 2.12 bits per heavy atom. The molecule has 7 heteroatoms. The van der Waals surface area contributed by atoms with Crippen molar-refractivity contribution in [1.82, 2.24) is 4.90 Å². The topological polar surface area (TPSA) is 49.8 Å². The molecule has 1 N–H and O–H groups in total. The maximum Gasteiger partial charge on any atom is 0.430 e. The number of hydrogen-bond donors (Lipinski definition) is 1. The summed E-state index contributed by atoms with van der Waals surface area (Å²) >= 11 is 0. The molecule has 0 radical (unpaired) electrons. The first-order valence-corrected chi connectivity index (χ1v) is 7.43. The molecule has 2 aromatic carbocycles. The first-order valence-electron chi connectivity index (χ1n) is 7.43. The van der Waals surface area contributed by atoms with E-state index in [4.69, 9.17) is 4.74 Å². The molecule has 2 aromatic rings. The van der Waals surface area contributed by atoms with Gasteiger partial charge >= 0.3 is 6.18 Å². The highest BCUT2D eigenvalue weighted by molar-refractivity contribution is 5.87. The normalized spacial score (nSPS) is 13.8. The fraction of sp³-hybridized carbons (Fsp3) is 0.278. The van der Waals surface area contributed by atoms with Crippen LogP contribution in [-0.2, 0) is 16.9 Å². The smallest absolute Gasteiger partial charge is 0.430 e. The van der Waals surface area contributed by atoms with Gasteiger partial charge in [0.1, 0.15) is 5.75 Å². The van der Waals surface area contributed by atoms with E-state index in [0.29, 0.717) is 11.3 Å². The Morgan fingerprint density at radius 1 is 1.08 bits per heavy atom. The molecule has 25 heavy (non-hydrogen) atoms. The van der Waals surface area contributed by atoms with E-state index in [0.717, 1.165) is 17.0 Å². The number of alkyl halides is 3. The zero-order valence-electron chi connectivity index (χ0n) is 13.7. The third kappa shape index (κ3) is 3.76. The molecule has 134 valence electrons. The van der Waals surface area contributed by atoms with Crippen LogP contribution in [0.1, 0.15) is 11.1 Å². The van der Waals surface area contributed by atoms with Crippen molar-refractivity contribution in [1.29, 1.82) is 0 Å². The number of hydrogen-bond acceptors (Lipinski definition) is 3. The van der Waals surface area contributed by atoms with Crippen molar-refractivity contribution < 1.29 is 27.8 Å². The number of halogens is 3. The zero-order valence-corrected chi connectivity index (χ0v) is 13.7. The van der Waals surface area contributed by atoms with Gasteiger partial charge < -0.3 is 14.7 Å². The van der Waals surface area contributed by atoms with Crippen molar-refractivity contribution >= 4 is 5.91 Å². The quantitative estimate of drug-likeness (QED) is 0.899. The van der Waals surface area contributed by atoms with Crippen LogP contribution in [0, 0.1) is 0 Å². The number of ether oxygens (including phenoxy) is 1. The summed E-state index contributed by atoms with van der Waals surface area (Å²) in [6.07, 6.45) is -5.18. The molecule has 0 saturated heterocycles. The van der Waals surface area contributed by atoms with E-state index in [-0.39, 0.29) is 6.54 Å². The Kier molecular flexibility index (Phi) is 5.37. The molecule has 0 saturated carbocycles. The molecule has 0 bridgehead atoms. The predicted molar refractivity (Wildman–Crippen MR) is 85.9 cm³/mol. The van der Waals surface area contributed by atoms with Gasteiger partial charge in [-0.3, -0.25) is 4.79 Å². The number of aliphatic hydroxyl groups is 1. The van der Waals surface area contributed by atoms with E-state index in [2.05, 4.69) is 0 Å². The average Bonchev–Trinajstić information content (AvgIpc) is 2.60. The second kappa shape index (κ2) is 7.14. The van der Waals surface area contributed by atoms with Crippen molar-refractivity contribution in [3.8, 4) is 5.75 Å². The third-order valence-corrected chi connectivity index (χ3v) is 3.84. The van der Waals surface area contributed by atoms with Crippen molar-refractivity contribution in [3.05, 3.63) is 65.7 Å². The van der Waals surface area contributed by atoms with Gasteiger partial charge in [-0.15, -0.1) is 0 Å². The molecule has 0 aliphatic carbocycles. The fourth-order valence-corrected chi connectivity index (χ4v) is 2.45. The molecule has 0 heterocycles. The number of carbonyl (C=O) groups excluding carboxylic acids is 1. The molecule has 0 aliphatic rings. The van der Waals surface area contributed by atoms with Crippen LogP contribution >= 0.6 is 0 Å². The molecule has 4 nitrogen and oxygen atoms in total. The van der Waals surface area contributed by atoms with Gasteiger partial charge in [0.2, 0.25) is 0 Å². The van der Waals surface area contributed by atoms with E-state index in [1.165, 1.54) is 26.3 Å². The van der Waals surface area contributed by atoms with E-state index in [1.54, 1.807) is 30.3 Å².